The third-order valence-corrected chi connectivity index (χ3v) is 14.8. The van der Waals surface area contributed by atoms with Crippen LogP contribution < -0.4 is 17.0 Å². The molecule has 0 saturated carbocycles. The van der Waals surface area contributed by atoms with E-state index in [4.69, 9.17) is 0 Å². The number of nitrogens with zero attached hydrogens (tertiary/aromatic N) is 1. The Morgan fingerprint density at radius 3 is 0.603 bits per heavy atom. The van der Waals surface area contributed by atoms with Gasteiger partial charge in [-0.15, -0.1) is 0 Å². The molecular formula is C61H118BrN. The lowest BCUT2D eigenvalue weighted by molar-refractivity contribution is -0.941. The minimum atomic E-state index is 0. The number of rotatable bonds is 53. The van der Waals surface area contributed by atoms with Crippen molar-refractivity contribution in [2.75, 3.05) is 19.6 Å². The van der Waals surface area contributed by atoms with Crippen molar-refractivity contribution >= 4 is 0 Å². The summed E-state index contributed by atoms with van der Waals surface area (Å²) < 4.78 is 1.36. The van der Waals surface area contributed by atoms with E-state index in [9.17, 15) is 0 Å². The molecular weight excluding hydrogens is 827 g/mol. The van der Waals surface area contributed by atoms with Gasteiger partial charge in [0.25, 0.3) is 0 Å². The molecule has 0 aromatic heterocycles. The quantitative estimate of drug-likeness (QED) is 0.0451. The Balaban J connectivity index is 0.0000384. The van der Waals surface area contributed by atoms with Gasteiger partial charge in [0.05, 0.1) is 19.6 Å². The standard InChI is InChI=1S/C61H118N.BrH/c1-4-7-10-13-16-19-22-25-28-31-34-37-40-43-46-52-57-62(60-61-55-50-49-51-56-61,58-53-47-44-41-38-35-32-29-26-23-20-17-14-11-8-5-2)59-54-48-45-42-39-36-33-30-27-24-21-18-15-12-9-6-3;/h49-51,55-56H,4-48,52-54,57-60H2,1-3H3;1H/q+1;/p-1. The van der Waals surface area contributed by atoms with Crippen LogP contribution in [0.2, 0.25) is 0 Å². The van der Waals surface area contributed by atoms with Gasteiger partial charge in [-0.05, 0) is 38.5 Å². The molecule has 0 aliphatic heterocycles. The van der Waals surface area contributed by atoms with E-state index in [1.54, 1.807) is 5.56 Å². The smallest absolute Gasteiger partial charge is 0.104 e. The Bertz CT molecular complexity index is 857. The summed E-state index contributed by atoms with van der Waals surface area (Å²) in [5.41, 5.74) is 1.58. The second kappa shape index (κ2) is 52.6. The topological polar surface area (TPSA) is 0 Å². The molecule has 0 heterocycles. The highest BCUT2D eigenvalue weighted by Gasteiger charge is 2.26. The zero-order chi connectivity index (χ0) is 44.4. The van der Waals surface area contributed by atoms with Crippen LogP contribution in [0.25, 0.3) is 0 Å². The molecule has 374 valence electrons. The first-order valence-corrected chi connectivity index (χ1v) is 29.7. The van der Waals surface area contributed by atoms with Gasteiger partial charge in [-0.3, -0.25) is 0 Å². The average molecular weight is 946 g/mol. The molecule has 1 aromatic rings. The average Bonchev–Trinajstić information content (AvgIpc) is 3.29. The number of quaternary nitrogens is 1. The van der Waals surface area contributed by atoms with Crippen molar-refractivity contribution in [1.29, 1.82) is 0 Å². The Hall–Kier alpha value is -0.340. The maximum absolute atomic E-state index is 2.43. The molecule has 0 spiro atoms. The summed E-state index contributed by atoms with van der Waals surface area (Å²) in [4.78, 5) is 0. The molecule has 0 aliphatic carbocycles. The molecule has 63 heavy (non-hydrogen) atoms. The molecule has 0 radical (unpaired) electrons. The van der Waals surface area contributed by atoms with Crippen LogP contribution in [0.4, 0.5) is 0 Å². The molecule has 1 rings (SSSR count). The minimum Gasteiger partial charge on any atom is -1.00 e. The van der Waals surface area contributed by atoms with Gasteiger partial charge in [0, 0.05) is 5.56 Å². The van der Waals surface area contributed by atoms with E-state index in [0.29, 0.717) is 0 Å². The van der Waals surface area contributed by atoms with E-state index in [2.05, 4.69) is 51.1 Å². The molecule has 1 nitrogen and oxygen atoms in total. The summed E-state index contributed by atoms with van der Waals surface area (Å²) in [7, 11) is 0. The molecule has 0 N–H and O–H groups in total. The summed E-state index contributed by atoms with van der Waals surface area (Å²) in [5.74, 6) is 0. The predicted molar refractivity (Wildman–Crippen MR) is 284 cm³/mol. The fraction of sp³-hybridized carbons (Fsp3) is 0.902. The zero-order valence-electron chi connectivity index (χ0n) is 44.0. The fourth-order valence-electron chi connectivity index (χ4n) is 10.5. The van der Waals surface area contributed by atoms with Crippen molar-refractivity contribution in [3.05, 3.63) is 35.9 Å². The molecule has 0 amide bonds. The van der Waals surface area contributed by atoms with E-state index >= 15 is 0 Å². The number of hydrogen-bond acceptors (Lipinski definition) is 0. The Labute approximate surface area is 410 Å². The van der Waals surface area contributed by atoms with Gasteiger partial charge in [-0.2, -0.15) is 0 Å². The maximum atomic E-state index is 2.43. The van der Waals surface area contributed by atoms with E-state index in [1.807, 2.05) is 0 Å². The van der Waals surface area contributed by atoms with E-state index < -0.39 is 0 Å². The van der Waals surface area contributed by atoms with E-state index in [1.165, 1.54) is 339 Å². The molecule has 0 saturated heterocycles. The Morgan fingerprint density at radius 1 is 0.238 bits per heavy atom. The number of halogens is 1. The SMILES string of the molecule is CCCCCCCCCCCCCCCCCC[N+](CCCCCCCCCCCCCCCCCC)(CCCCCCCCCCCCCCCCCC)Cc1ccccc1.[Br-]. The second-order valence-electron chi connectivity index (χ2n) is 21.1. The predicted octanol–water partition coefficient (Wildman–Crippen LogP) is 18.8. The van der Waals surface area contributed by atoms with Crippen molar-refractivity contribution in [3.8, 4) is 0 Å². The lowest BCUT2D eigenvalue weighted by atomic mass is 10.0. The first-order valence-electron chi connectivity index (χ1n) is 29.7. The van der Waals surface area contributed by atoms with Gasteiger partial charge >= 0.3 is 0 Å². The molecule has 0 atom stereocenters. The van der Waals surface area contributed by atoms with Crippen LogP contribution in [-0.4, -0.2) is 24.1 Å². The molecule has 0 fully saturated rings. The van der Waals surface area contributed by atoms with Gasteiger partial charge in [0.2, 0.25) is 0 Å². The molecule has 0 aliphatic rings. The highest BCUT2D eigenvalue weighted by molar-refractivity contribution is 5.13. The fourth-order valence-corrected chi connectivity index (χ4v) is 10.5. The van der Waals surface area contributed by atoms with Crippen molar-refractivity contribution in [1.82, 2.24) is 0 Å². The number of hydrogen-bond donors (Lipinski definition) is 0. The normalized spacial score (nSPS) is 11.7. The Morgan fingerprint density at radius 2 is 0.413 bits per heavy atom. The summed E-state index contributed by atoms with van der Waals surface area (Å²) in [6.07, 6.45) is 70.1. The van der Waals surface area contributed by atoms with Gasteiger partial charge in [-0.1, -0.05) is 321 Å². The molecule has 2 heteroatoms. The lowest BCUT2D eigenvalue weighted by Crippen LogP contribution is -3.00. The molecule has 0 bridgehead atoms. The van der Waals surface area contributed by atoms with Crippen LogP contribution in [-0.2, 0) is 6.54 Å². The van der Waals surface area contributed by atoms with Gasteiger partial charge in [-0.25, -0.2) is 0 Å². The van der Waals surface area contributed by atoms with Crippen LogP contribution in [0.15, 0.2) is 30.3 Å². The van der Waals surface area contributed by atoms with Crippen LogP contribution in [0.3, 0.4) is 0 Å². The minimum absolute atomic E-state index is 0. The third-order valence-electron chi connectivity index (χ3n) is 14.8. The van der Waals surface area contributed by atoms with Crippen LogP contribution in [0.1, 0.15) is 335 Å². The van der Waals surface area contributed by atoms with Crippen LogP contribution >= 0.6 is 0 Å². The summed E-state index contributed by atoms with van der Waals surface area (Å²) in [5, 5.41) is 0. The third kappa shape index (κ3) is 45.2. The van der Waals surface area contributed by atoms with Gasteiger partial charge in [0.1, 0.15) is 6.54 Å². The largest absolute Gasteiger partial charge is 1.00 e. The number of unbranched alkanes of at least 4 members (excludes halogenated alkanes) is 45. The molecule has 1 aromatic carbocycles. The first kappa shape index (κ1) is 62.7. The second-order valence-corrected chi connectivity index (χ2v) is 21.1. The maximum Gasteiger partial charge on any atom is 0.104 e. The highest BCUT2D eigenvalue weighted by Crippen LogP contribution is 2.24. The monoisotopic (exact) mass is 944 g/mol. The van der Waals surface area contributed by atoms with Crippen LogP contribution in [0.5, 0.6) is 0 Å². The van der Waals surface area contributed by atoms with E-state index in [0.717, 1.165) is 0 Å². The summed E-state index contributed by atoms with van der Waals surface area (Å²) in [6.45, 7) is 12.5. The number of benzene rings is 1. The zero-order valence-corrected chi connectivity index (χ0v) is 45.6. The van der Waals surface area contributed by atoms with Crippen molar-refractivity contribution in [2.45, 2.75) is 336 Å². The van der Waals surface area contributed by atoms with Gasteiger partial charge in [0.15, 0.2) is 0 Å². The van der Waals surface area contributed by atoms with Crippen molar-refractivity contribution < 1.29 is 21.5 Å². The van der Waals surface area contributed by atoms with Crippen molar-refractivity contribution in [3.63, 3.8) is 0 Å². The van der Waals surface area contributed by atoms with Gasteiger partial charge < -0.3 is 21.5 Å². The lowest BCUT2D eigenvalue weighted by Gasteiger charge is -2.39. The highest BCUT2D eigenvalue weighted by atomic mass is 79.9. The summed E-state index contributed by atoms with van der Waals surface area (Å²) >= 11 is 0. The van der Waals surface area contributed by atoms with Crippen LogP contribution in [0, 0.1) is 0 Å². The van der Waals surface area contributed by atoms with E-state index in [-0.39, 0.29) is 17.0 Å². The first-order chi connectivity index (χ1) is 30.8. The molecule has 0 unspecified atom stereocenters. The summed E-state index contributed by atoms with van der Waals surface area (Å²) in [6, 6.07) is 11.7. The van der Waals surface area contributed by atoms with Crippen molar-refractivity contribution in [2.24, 2.45) is 0 Å². The Kier molecular flexibility index (Phi) is 52.3.